The monoisotopic (exact) mass is 591 g/mol. The molecule has 9 heteroatoms. The molecule has 3 N–H and O–H groups in total. The zero-order valence-electron chi connectivity index (χ0n) is 25.3. The maximum atomic E-state index is 6.53. The van der Waals surface area contributed by atoms with Gasteiger partial charge in [-0.15, -0.1) is 0 Å². The molecule has 0 unspecified atom stereocenters. The number of anilines is 5. The lowest BCUT2D eigenvalue weighted by molar-refractivity contribution is 0.141. The Labute approximate surface area is 256 Å². The number of para-hydroxylation sites is 1. The number of nitrogens with one attached hydrogen (secondary N) is 3. The first-order valence-corrected chi connectivity index (χ1v) is 16.0. The van der Waals surface area contributed by atoms with Crippen LogP contribution in [0.4, 0.5) is 28.8 Å². The van der Waals surface area contributed by atoms with Crippen molar-refractivity contribution in [2.75, 3.05) is 48.8 Å². The molecule has 0 aliphatic carbocycles. The Hall–Kier alpha value is -3.07. The smallest absolute Gasteiger partial charge is 0.229 e. The minimum Gasteiger partial charge on any atom is -0.494 e. The number of benzene rings is 2. The third kappa shape index (κ3) is 7.65. The van der Waals surface area contributed by atoms with Crippen molar-refractivity contribution in [2.45, 2.75) is 77.4 Å². The first-order chi connectivity index (χ1) is 20.6. The van der Waals surface area contributed by atoms with Gasteiger partial charge in [0.1, 0.15) is 10.8 Å². The molecule has 42 heavy (non-hydrogen) atoms. The normalized spacial score (nSPS) is 16.5. The predicted molar refractivity (Wildman–Crippen MR) is 175 cm³/mol. The van der Waals surface area contributed by atoms with E-state index in [0.717, 1.165) is 61.2 Å². The topological polar surface area (TPSA) is 77.6 Å². The van der Waals surface area contributed by atoms with E-state index in [-0.39, 0.29) is 0 Å². The van der Waals surface area contributed by atoms with Gasteiger partial charge in [-0.3, -0.25) is 0 Å². The molecule has 3 aromatic rings. The molecule has 2 fully saturated rings. The van der Waals surface area contributed by atoms with Crippen molar-refractivity contribution in [2.24, 2.45) is 0 Å². The molecule has 0 radical (unpaired) electrons. The van der Waals surface area contributed by atoms with Gasteiger partial charge in [-0.05, 0) is 75.4 Å². The second kappa shape index (κ2) is 14.9. The van der Waals surface area contributed by atoms with Gasteiger partial charge in [0, 0.05) is 49.2 Å². The summed E-state index contributed by atoms with van der Waals surface area (Å²) < 4.78 is 5.79. The van der Waals surface area contributed by atoms with Crippen LogP contribution in [0.5, 0.6) is 5.75 Å². The van der Waals surface area contributed by atoms with E-state index < -0.39 is 0 Å². The van der Waals surface area contributed by atoms with Gasteiger partial charge in [0.15, 0.2) is 5.82 Å². The number of ether oxygens (including phenoxy) is 1. The van der Waals surface area contributed by atoms with Crippen molar-refractivity contribution in [1.29, 1.82) is 0 Å². The van der Waals surface area contributed by atoms with Crippen molar-refractivity contribution in [1.82, 2.24) is 20.2 Å². The lowest BCUT2D eigenvalue weighted by atomic mass is 9.99. The van der Waals surface area contributed by atoms with Crippen LogP contribution in [0.1, 0.15) is 64.4 Å². The summed E-state index contributed by atoms with van der Waals surface area (Å²) in [5.41, 5.74) is 4.12. The van der Waals surface area contributed by atoms with Gasteiger partial charge in [-0.1, -0.05) is 50.1 Å². The highest BCUT2D eigenvalue weighted by Crippen LogP contribution is 2.34. The highest BCUT2D eigenvalue weighted by molar-refractivity contribution is 6.32. The van der Waals surface area contributed by atoms with E-state index >= 15 is 0 Å². The maximum Gasteiger partial charge on any atom is 0.229 e. The molecule has 2 aliphatic heterocycles. The molecule has 0 atom stereocenters. The van der Waals surface area contributed by atoms with Crippen LogP contribution in [0, 0.1) is 0 Å². The summed E-state index contributed by atoms with van der Waals surface area (Å²) in [6.45, 7) is 9.87. The molecule has 0 spiro atoms. The standard InChI is InChI=1S/C33H46ClN7O/c1-4-25(5-2)35-22-24-11-7-8-12-29(24)37-32-28(34)23-36-33(39-32)38-30-14-13-27(21-31(30)42-3)41-19-15-26(16-20-41)40-17-9-6-10-18-40/h7-8,11-14,21,23,25-26,35H,4-6,9-10,15-20,22H2,1-3H3,(H2,36,37,38,39). The van der Waals surface area contributed by atoms with E-state index in [1.54, 1.807) is 13.3 Å². The number of piperidine rings is 2. The average molecular weight is 592 g/mol. The fourth-order valence-electron chi connectivity index (χ4n) is 6.14. The molecular weight excluding hydrogens is 546 g/mol. The van der Waals surface area contributed by atoms with Crippen LogP contribution < -0.4 is 25.6 Å². The van der Waals surface area contributed by atoms with Gasteiger partial charge >= 0.3 is 0 Å². The second-order valence-electron chi connectivity index (χ2n) is 11.4. The molecule has 0 saturated carbocycles. The third-order valence-corrected chi connectivity index (χ3v) is 9.03. The van der Waals surface area contributed by atoms with E-state index in [9.17, 15) is 0 Å². The van der Waals surface area contributed by atoms with Crippen LogP contribution in [0.15, 0.2) is 48.7 Å². The van der Waals surface area contributed by atoms with Crippen LogP contribution in [-0.4, -0.2) is 60.2 Å². The van der Waals surface area contributed by atoms with E-state index in [1.807, 2.05) is 12.1 Å². The maximum absolute atomic E-state index is 6.53. The molecule has 2 aliphatic rings. The van der Waals surface area contributed by atoms with Gasteiger partial charge in [0.25, 0.3) is 0 Å². The van der Waals surface area contributed by atoms with Crippen LogP contribution in [0.25, 0.3) is 0 Å². The van der Waals surface area contributed by atoms with E-state index in [0.29, 0.717) is 22.8 Å². The summed E-state index contributed by atoms with van der Waals surface area (Å²) >= 11 is 6.53. The zero-order valence-corrected chi connectivity index (χ0v) is 26.1. The minimum atomic E-state index is 0.447. The molecule has 3 heterocycles. The Morgan fingerprint density at radius 2 is 1.71 bits per heavy atom. The Morgan fingerprint density at radius 1 is 0.952 bits per heavy atom. The molecule has 5 rings (SSSR count). The summed E-state index contributed by atoms with van der Waals surface area (Å²) in [6, 6.07) is 15.8. The second-order valence-corrected chi connectivity index (χ2v) is 11.8. The van der Waals surface area contributed by atoms with Crippen LogP contribution in [-0.2, 0) is 6.54 Å². The molecule has 0 bridgehead atoms. The number of nitrogens with zero attached hydrogens (tertiary/aromatic N) is 4. The quantitative estimate of drug-likeness (QED) is 0.202. The molecule has 8 nitrogen and oxygen atoms in total. The molecule has 2 aromatic carbocycles. The number of hydrogen-bond donors (Lipinski definition) is 3. The summed E-state index contributed by atoms with van der Waals surface area (Å²) in [5, 5.41) is 10.9. The van der Waals surface area contributed by atoms with Gasteiger partial charge < -0.3 is 30.5 Å². The fraction of sp³-hybridized carbons (Fsp3) is 0.515. The van der Waals surface area contributed by atoms with Crippen LogP contribution in [0.2, 0.25) is 5.02 Å². The summed E-state index contributed by atoms with van der Waals surface area (Å²) in [5.74, 6) is 1.76. The van der Waals surface area contributed by atoms with Crippen molar-refractivity contribution in [3.8, 4) is 5.75 Å². The minimum absolute atomic E-state index is 0.447. The van der Waals surface area contributed by atoms with Crippen molar-refractivity contribution < 1.29 is 4.74 Å². The Bertz CT molecular complexity index is 1290. The first kappa shape index (κ1) is 30.4. The number of aromatic nitrogens is 2. The highest BCUT2D eigenvalue weighted by atomic mass is 35.5. The third-order valence-electron chi connectivity index (χ3n) is 8.75. The fourth-order valence-corrected chi connectivity index (χ4v) is 6.28. The van der Waals surface area contributed by atoms with E-state index in [1.165, 1.54) is 50.9 Å². The largest absolute Gasteiger partial charge is 0.494 e. The zero-order chi connectivity index (χ0) is 29.3. The van der Waals surface area contributed by atoms with E-state index in [2.05, 4.69) is 74.9 Å². The summed E-state index contributed by atoms with van der Waals surface area (Å²) in [6.07, 6.45) is 10.3. The first-order valence-electron chi connectivity index (χ1n) is 15.6. The van der Waals surface area contributed by atoms with Gasteiger partial charge in [0.05, 0.1) is 19.0 Å². The number of rotatable bonds is 12. The van der Waals surface area contributed by atoms with E-state index in [4.69, 9.17) is 21.3 Å². The lowest BCUT2D eigenvalue weighted by Gasteiger charge is -2.41. The Kier molecular flexibility index (Phi) is 10.8. The number of methoxy groups -OCH3 is 1. The summed E-state index contributed by atoms with van der Waals surface area (Å²) in [4.78, 5) is 14.3. The highest BCUT2D eigenvalue weighted by Gasteiger charge is 2.26. The average Bonchev–Trinajstić information content (AvgIpc) is 3.04. The van der Waals surface area contributed by atoms with Crippen molar-refractivity contribution >= 4 is 40.4 Å². The number of likely N-dealkylation sites (tertiary alicyclic amines) is 1. The Morgan fingerprint density at radius 3 is 2.45 bits per heavy atom. The summed E-state index contributed by atoms with van der Waals surface area (Å²) in [7, 11) is 1.70. The molecule has 226 valence electrons. The predicted octanol–water partition coefficient (Wildman–Crippen LogP) is 7.36. The van der Waals surface area contributed by atoms with Crippen LogP contribution in [0.3, 0.4) is 0 Å². The number of hydrogen-bond acceptors (Lipinski definition) is 8. The van der Waals surface area contributed by atoms with Gasteiger partial charge in [-0.25, -0.2) is 4.98 Å². The molecule has 1 aromatic heterocycles. The Balaban J connectivity index is 1.25. The molecule has 2 saturated heterocycles. The molecule has 0 amide bonds. The van der Waals surface area contributed by atoms with Crippen LogP contribution >= 0.6 is 11.6 Å². The van der Waals surface area contributed by atoms with Crippen molar-refractivity contribution in [3.63, 3.8) is 0 Å². The van der Waals surface area contributed by atoms with Gasteiger partial charge in [0.2, 0.25) is 5.95 Å². The SMILES string of the molecule is CCC(CC)NCc1ccccc1Nc1nc(Nc2ccc(N3CCC(N4CCCCC4)CC3)cc2OC)ncc1Cl. The lowest BCUT2D eigenvalue weighted by Crippen LogP contribution is -2.46. The molecular formula is C33H46ClN7O. The number of halogens is 1. The van der Waals surface area contributed by atoms with Crippen molar-refractivity contribution in [3.05, 3.63) is 59.2 Å². The van der Waals surface area contributed by atoms with Gasteiger partial charge in [-0.2, -0.15) is 4.98 Å².